The average Bonchev–Trinajstić information content (AvgIpc) is 2.88. The topological polar surface area (TPSA) is 29.9 Å². The molecular weight excluding hydrogens is 338 g/mol. The molecule has 1 heterocycles. The summed E-state index contributed by atoms with van der Waals surface area (Å²) in [5, 5.41) is 3.93. The van der Waals surface area contributed by atoms with Gasteiger partial charge in [0.2, 0.25) is 5.95 Å². The molecule has 20 heavy (non-hydrogen) atoms. The maximum atomic E-state index is 6.29. The van der Waals surface area contributed by atoms with Crippen LogP contribution in [0.4, 0.5) is 11.6 Å². The number of aromatic nitrogens is 2. The first-order valence-electron chi connectivity index (χ1n) is 6.05. The number of nitrogens with zero attached hydrogens (tertiary/aromatic N) is 2. The number of benzene rings is 2. The van der Waals surface area contributed by atoms with E-state index in [1.165, 1.54) is 0 Å². The molecule has 0 fully saturated rings. The molecule has 0 amide bonds. The van der Waals surface area contributed by atoms with Gasteiger partial charge in [0.05, 0.1) is 10.7 Å². The molecule has 0 bridgehead atoms. The fourth-order valence-corrected chi connectivity index (χ4v) is 2.68. The van der Waals surface area contributed by atoms with E-state index in [4.69, 9.17) is 11.6 Å². The summed E-state index contributed by atoms with van der Waals surface area (Å²) >= 11 is 9.70. The van der Waals surface area contributed by atoms with E-state index in [1.807, 2.05) is 59.3 Å². The Morgan fingerprint density at radius 1 is 1.10 bits per heavy atom. The van der Waals surface area contributed by atoms with Crippen LogP contribution < -0.4 is 5.32 Å². The standard InChI is InChI=1S/C15H11BrClN3/c16-11-6-7-14(13(17)10-11)20-9-8-18-15(20)19-12-4-2-1-3-5-12/h1-10H,(H,18,19). The van der Waals surface area contributed by atoms with Crippen LogP contribution in [0.5, 0.6) is 0 Å². The largest absolute Gasteiger partial charge is 0.325 e. The Morgan fingerprint density at radius 2 is 1.90 bits per heavy atom. The Hall–Kier alpha value is -1.78. The second kappa shape index (κ2) is 5.69. The van der Waals surface area contributed by atoms with Crippen molar-refractivity contribution in [1.82, 2.24) is 9.55 Å². The van der Waals surface area contributed by atoms with Crippen molar-refractivity contribution in [2.45, 2.75) is 0 Å². The van der Waals surface area contributed by atoms with Crippen LogP contribution in [0, 0.1) is 0 Å². The third-order valence-electron chi connectivity index (χ3n) is 2.84. The predicted molar refractivity (Wildman–Crippen MR) is 86.0 cm³/mol. The van der Waals surface area contributed by atoms with Crippen LogP contribution in [0.3, 0.4) is 0 Å². The minimum Gasteiger partial charge on any atom is -0.325 e. The SMILES string of the molecule is Clc1cc(Br)ccc1-n1ccnc1Nc1ccccc1. The molecule has 0 unspecified atom stereocenters. The molecule has 3 rings (SSSR count). The summed E-state index contributed by atoms with van der Waals surface area (Å²) in [6.45, 7) is 0. The Balaban J connectivity index is 1.98. The monoisotopic (exact) mass is 347 g/mol. The van der Waals surface area contributed by atoms with Crippen LogP contribution in [0.25, 0.3) is 5.69 Å². The fraction of sp³-hybridized carbons (Fsp3) is 0. The zero-order chi connectivity index (χ0) is 13.9. The molecule has 0 spiro atoms. The van der Waals surface area contributed by atoms with Gasteiger partial charge in [-0.2, -0.15) is 0 Å². The van der Waals surface area contributed by atoms with Gasteiger partial charge in [-0.3, -0.25) is 4.57 Å². The fourth-order valence-electron chi connectivity index (χ4n) is 1.92. The minimum atomic E-state index is 0.661. The van der Waals surface area contributed by atoms with Gasteiger partial charge in [0, 0.05) is 22.6 Å². The van der Waals surface area contributed by atoms with Gasteiger partial charge in [-0.05, 0) is 30.3 Å². The highest BCUT2D eigenvalue weighted by Gasteiger charge is 2.08. The first-order chi connectivity index (χ1) is 9.74. The predicted octanol–water partition coefficient (Wildman–Crippen LogP) is 5.03. The maximum absolute atomic E-state index is 6.29. The molecule has 3 aromatic rings. The van der Waals surface area contributed by atoms with Crippen LogP contribution >= 0.6 is 27.5 Å². The number of para-hydroxylation sites is 1. The van der Waals surface area contributed by atoms with Crippen molar-refractivity contribution in [2.75, 3.05) is 5.32 Å². The van der Waals surface area contributed by atoms with Gasteiger partial charge in [0.15, 0.2) is 0 Å². The van der Waals surface area contributed by atoms with Crippen molar-refractivity contribution < 1.29 is 0 Å². The molecule has 0 aliphatic rings. The number of rotatable bonds is 3. The molecule has 5 heteroatoms. The third-order valence-corrected chi connectivity index (χ3v) is 3.64. The van der Waals surface area contributed by atoms with Gasteiger partial charge in [0.1, 0.15) is 0 Å². The molecule has 0 atom stereocenters. The Labute approximate surface area is 130 Å². The van der Waals surface area contributed by atoms with Crippen molar-refractivity contribution in [2.24, 2.45) is 0 Å². The molecule has 0 radical (unpaired) electrons. The molecule has 1 aromatic heterocycles. The Bertz CT molecular complexity index is 725. The van der Waals surface area contributed by atoms with Crippen LogP contribution in [-0.2, 0) is 0 Å². The maximum Gasteiger partial charge on any atom is 0.212 e. The summed E-state index contributed by atoms with van der Waals surface area (Å²) in [4.78, 5) is 4.33. The van der Waals surface area contributed by atoms with Crippen LogP contribution in [0.2, 0.25) is 5.02 Å². The van der Waals surface area contributed by atoms with Crippen LogP contribution in [0.15, 0.2) is 65.4 Å². The van der Waals surface area contributed by atoms with Crippen LogP contribution in [0.1, 0.15) is 0 Å². The number of halogens is 2. The molecule has 1 N–H and O–H groups in total. The Morgan fingerprint density at radius 3 is 2.65 bits per heavy atom. The lowest BCUT2D eigenvalue weighted by molar-refractivity contribution is 1.06. The number of nitrogens with one attached hydrogen (secondary N) is 1. The van der Waals surface area contributed by atoms with E-state index in [2.05, 4.69) is 26.2 Å². The van der Waals surface area contributed by atoms with E-state index in [0.29, 0.717) is 5.02 Å². The summed E-state index contributed by atoms with van der Waals surface area (Å²) < 4.78 is 2.87. The van der Waals surface area contributed by atoms with Gasteiger partial charge < -0.3 is 5.32 Å². The molecule has 0 saturated heterocycles. The number of hydrogen-bond acceptors (Lipinski definition) is 2. The van der Waals surface area contributed by atoms with Gasteiger partial charge in [-0.25, -0.2) is 4.98 Å². The highest BCUT2D eigenvalue weighted by atomic mass is 79.9. The molecule has 100 valence electrons. The van der Waals surface area contributed by atoms with Gasteiger partial charge in [-0.1, -0.05) is 45.7 Å². The summed E-state index contributed by atoms with van der Waals surface area (Å²) in [6, 6.07) is 15.7. The molecule has 2 aromatic carbocycles. The highest BCUT2D eigenvalue weighted by molar-refractivity contribution is 9.10. The summed E-state index contributed by atoms with van der Waals surface area (Å²) in [5.74, 6) is 0.723. The second-order valence-corrected chi connectivity index (χ2v) is 5.53. The third kappa shape index (κ3) is 2.71. The van der Waals surface area contributed by atoms with E-state index in [1.54, 1.807) is 6.20 Å². The average molecular weight is 349 g/mol. The minimum absolute atomic E-state index is 0.661. The van der Waals surface area contributed by atoms with Crippen LogP contribution in [-0.4, -0.2) is 9.55 Å². The van der Waals surface area contributed by atoms with Gasteiger partial charge in [0.25, 0.3) is 0 Å². The highest BCUT2D eigenvalue weighted by Crippen LogP contribution is 2.27. The molecule has 3 nitrogen and oxygen atoms in total. The smallest absolute Gasteiger partial charge is 0.212 e. The molecule has 0 aliphatic carbocycles. The first-order valence-corrected chi connectivity index (χ1v) is 7.22. The molecule has 0 saturated carbocycles. The van der Waals surface area contributed by atoms with Crippen molar-refractivity contribution >= 4 is 39.2 Å². The van der Waals surface area contributed by atoms with E-state index in [-0.39, 0.29) is 0 Å². The number of imidazole rings is 1. The Kier molecular flexibility index (Phi) is 3.76. The van der Waals surface area contributed by atoms with Crippen molar-refractivity contribution in [1.29, 1.82) is 0 Å². The lowest BCUT2D eigenvalue weighted by Gasteiger charge is -2.11. The normalized spacial score (nSPS) is 10.5. The first kappa shape index (κ1) is 13.2. The summed E-state index contributed by atoms with van der Waals surface area (Å²) in [5.41, 5.74) is 1.86. The molecular formula is C15H11BrClN3. The van der Waals surface area contributed by atoms with Crippen molar-refractivity contribution in [3.05, 3.63) is 70.4 Å². The van der Waals surface area contributed by atoms with Crippen molar-refractivity contribution in [3.63, 3.8) is 0 Å². The molecule has 0 aliphatic heterocycles. The number of hydrogen-bond donors (Lipinski definition) is 1. The van der Waals surface area contributed by atoms with Gasteiger partial charge in [-0.15, -0.1) is 0 Å². The van der Waals surface area contributed by atoms with E-state index in [0.717, 1.165) is 21.8 Å². The van der Waals surface area contributed by atoms with Crippen molar-refractivity contribution in [3.8, 4) is 5.69 Å². The lowest BCUT2D eigenvalue weighted by atomic mass is 10.3. The van der Waals surface area contributed by atoms with E-state index < -0.39 is 0 Å². The zero-order valence-electron chi connectivity index (χ0n) is 10.4. The second-order valence-electron chi connectivity index (χ2n) is 4.21. The lowest BCUT2D eigenvalue weighted by Crippen LogP contribution is -2.01. The van der Waals surface area contributed by atoms with E-state index >= 15 is 0 Å². The summed E-state index contributed by atoms with van der Waals surface area (Å²) in [7, 11) is 0. The number of anilines is 2. The quantitative estimate of drug-likeness (QED) is 0.719. The zero-order valence-corrected chi connectivity index (χ0v) is 12.8. The van der Waals surface area contributed by atoms with E-state index in [9.17, 15) is 0 Å². The van der Waals surface area contributed by atoms with Gasteiger partial charge >= 0.3 is 0 Å². The summed E-state index contributed by atoms with van der Waals surface area (Å²) in [6.07, 6.45) is 3.62.